The smallest absolute Gasteiger partial charge is 0.505 e. The van der Waals surface area contributed by atoms with Crippen molar-refractivity contribution in [3.05, 3.63) is 47.0 Å². The molecule has 6 N–H and O–H groups in total. The first kappa shape index (κ1) is 41.3. The number of esters is 1. The van der Waals surface area contributed by atoms with Crippen molar-refractivity contribution in [3.63, 3.8) is 0 Å². The number of nitrogen functional groups attached to an aromatic ring is 1. The summed E-state index contributed by atoms with van der Waals surface area (Å²) in [5, 5.41) is 12.4. The third-order valence-electron chi connectivity index (χ3n) is 10.5. The number of phosphoric acid groups is 1. The summed E-state index contributed by atoms with van der Waals surface area (Å²) in [6, 6.07) is 8.49. The summed E-state index contributed by atoms with van der Waals surface area (Å²) >= 11 is 0. The van der Waals surface area contributed by atoms with Gasteiger partial charge in [0.1, 0.15) is 29.8 Å². The van der Waals surface area contributed by atoms with Gasteiger partial charge < -0.3 is 45.4 Å². The van der Waals surface area contributed by atoms with Crippen LogP contribution in [0, 0.1) is 17.3 Å². The van der Waals surface area contributed by atoms with Gasteiger partial charge in [-0.15, -0.1) is 0 Å². The molecule has 16 heteroatoms. The molecule has 2 aromatic carbocycles. The average Bonchev–Trinajstić information content (AvgIpc) is 3.41. The molecule has 0 radical (unpaired) electrons. The van der Waals surface area contributed by atoms with Gasteiger partial charge in [0, 0.05) is 12.0 Å². The van der Waals surface area contributed by atoms with Gasteiger partial charge in [-0.3, -0.25) is 13.8 Å². The molecule has 2 fully saturated rings. The molecule has 2 aromatic rings. The van der Waals surface area contributed by atoms with Crippen LogP contribution in [0.5, 0.6) is 17.2 Å². The van der Waals surface area contributed by atoms with E-state index in [1.165, 1.54) is 23.3 Å². The van der Waals surface area contributed by atoms with E-state index in [4.69, 9.17) is 44.0 Å². The second-order valence-electron chi connectivity index (χ2n) is 14.9. The third kappa shape index (κ3) is 9.86. The van der Waals surface area contributed by atoms with Gasteiger partial charge >= 0.3 is 19.9 Å². The average molecular weight is 776 g/mol. The highest BCUT2D eigenvalue weighted by molar-refractivity contribution is 7.49. The van der Waals surface area contributed by atoms with Gasteiger partial charge in [0.15, 0.2) is 5.75 Å². The Morgan fingerprint density at radius 3 is 2.41 bits per heavy atom. The number of ether oxygens (including phenoxy) is 4. The van der Waals surface area contributed by atoms with Crippen LogP contribution in [-0.2, 0) is 39.0 Å². The van der Waals surface area contributed by atoms with Gasteiger partial charge in [0.25, 0.3) is 5.91 Å². The molecule has 0 aliphatic heterocycles. The summed E-state index contributed by atoms with van der Waals surface area (Å²) < 4.78 is 52.4. The maximum atomic E-state index is 13.3. The molecule has 298 valence electrons. The zero-order valence-corrected chi connectivity index (χ0v) is 32.6. The van der Waals surface area contributed by atoms with E-state index in [-0.39, 0.29) is 68.1 Å². The van der Waals surface area contributed by atoms with E-state index in [0.717, 1.165) is 38.5 Å². The lowest BCUT2D eigenvalue weighted by atomic mass is 9.55. The number of benzene rings is 2. The maximum Gasteiger partial charge on any atom is 0.530 e. The Kier molecular flexibility index (Phi) is 13.5. The summed E-state index contributed by atoms with van der Waals surface area (Å²) in [6.07, 6.45) is 3.96. The van der Waals surface area contributed by atoms with Crippen molar-refractivity contribution in [3.8, 4) is 17.2 Å². The molecular weight excluding hydrogens is 721 g/mol. The van der Waals surface area contributed by atoms with Crippen LogP contribution >= 0.6 is 7.82 Å². The number of phosphoric ester groups is 1. The van der Waals surface area contributed by atoms with Gasteiger partial charge in [-0.2, -0.15) is 0 Å². The van der Waals surface area contributed by atoms with Gasteiger partial charge in [0.05, 0.1) is 37.7 Å². The van der Waals surface area contributed by atoms with Gasteiger partial charge in [0.2, 0.25) is 0 Å². The van der Waals surface area contributed by atoms with Crippen LogP contribution < -0.4 is 26.0 Å². The number of phenols is 1. The predicted octanol–water partition coefficient (Wildman–Crippen LogP) is 6.00. The molecular formula is C38H54N3O12P. The van der Waals surface area contributed by atoms with Crippen LogP contribution in [0.4, 0.5) is 10.5 Å². The molecule has 3 aliphatic carbocycles. The van der Waals surface area contributed by atoms with Crippen LogP contribution in [0.2, 0.25) is 0 Å². The lowest BCUT2D eigenvalue weighted by molar-refractivity contribution is -0.163. The topological polar surface area (TPSA) is 217 Å². The van der Waals surface area contributed by atoms with Crippen LogP contribution in [-0.4, -0.2) is 74.4 Å². The molecule has 2 saturated carbocycles. The number of aromatic hydroxyl groups is 1. The lowest BCUT2D eigenvalue weighted by Gasteiger charge is -2.50. The molecule has 0 heterocycles. The van der Waals surface area contributed by atoms with Crippen molar-refractivity contribution in [2.24, 2.45) is 23.0 Å². The normalized spacial score (nSPS) is 23.3. The minimum Gasteiger partial charge on any atom is -0.505 e. The number of primary amides is 1. The molecule has 5 atom stereocenters. The maximum absolute atomic E-state index is 13.3. The number of hydrogen-bond acceptors (Lipinski definition) is 13. The van der Waals surface area contributed by atoms with E-state index in [1.807, 2.05) is 12.1 Å². The first-order valence-corrected chi connectivity index (χ1v) is 20.1. The van der Waals surface area contributed by atoms with Crippen molar-refractivity contribution >= 4 is 31.5 Å². The lowest BCUT2D eigenvalue weighted by Crippen LogP contribution is -2.45. The van der Waals surface area contributed by atoms with Gasteiger partial charge in [-0.25, -0.2) is 14.2 Å². The van der Waals surface area contributed by atoms with Crippen LogP contribution in [0.1, 0.15) is 94.1 Å². The number of nitrogens with one attached hydrogen (secondary N) is 1. The summed E-state index contributed by atoms with van der Waals surface area (Å²) in [4.78, 5) is 36.6. The number of aryl methyl sites for hydroxylation is 1. The first-order valence-electron chi connectivity index (χ1n) is 18.6. The number of carbonyl (C=O) groups is 3. The number of nitrogens with two attached hydrogens (primary N) is 2. The van der Waals surface area contributed by atoms with Gasteiger partial charge in [-0.1, -0.05) is 13.0 Å². The Hall–Kier alpha value is -3.88. The van der Waals surface area contributed by atoms with Gasteiger partial charge in [-0.05, 0) is 119 Å². The van der Waals surface area contributed by atoms with Crippen molar-refractivity contribution < 1.29 is 56.6 Å². The molecule has 54 heavy (non-hydrogen) atoms. The van der Waals surface area contributed by atoms with Crippen molar-refractivity contribution in [2.45, 2.75) is 97.4 Å². The minimum atomic E-state index is -3.79. The Morgan fingerprint density at radius 2 is 1.70 bits per heavy atom. The highest BCUT2D eigenvalue weighted by Crippen LogP contribution is 2.62. The van der Waals surface area contributed by atoms with Crippen molar-refractivity contribution in [2.75, 3.05) is 38.7 Å². The van der Waals surface area contributed by atoms with Crippen molar-refractivity contribution in [1.29, 1.82) is 0 Å². The Morgan fingerprint density at radius 1 is 0.981 bits per heavy atom. The molecule has 5 rings (SSSR count). The zero-order chi connectivity index (χ0) is 39.2. The number of anilines is 1. The quantitative estimate of drug-likeness (QED) is 0.0477. The molecule has 0 bridgehead atoms. The number of amides is 2. The summed E-state index contributed by atoms with van der Waals surface area (Å²) in [5.41, 5.74) is 12.8. The van der Waals surface area contributed by atoms with Crippen LogP contribution in [0.15, 0.2) is 30.3 Å². The fourth-order valence-electron chi connectivity index (χ4n) is 8.32. The molecule has 2 amide bonds. The monoisotopic (exact) mass is 775 g/mol. The van der Waals surface area contributed by atoms with E-state index in [1.54, 1.807) is 27.7 Å². The molecule has 5 unspecified atom stereocenters. The highest BCUT2D eigenvalue weighted by Gasteiger charge is 2.56. The fraction of sp³-hybridized carbons (Fsp3) is 0.605. The number of hydrogen-bond donors (Lipinski definition) is 4. The standard InChI is InChI=1S/C38H54N3O12P/c1-22(2)51-54(46,52-23(3)4)53-25-7-9-26-24(20-25)6-8-28-27(26)14-15-38(5)29(28)10-13-32(38)50-33(42)21-48-19-18-47-17-16-41-37(45)49-31-12-11-30(39)35(43)34(31)36(40)44/h7,9,11-12,20,22-23,27-29,32,43H,6,8,10,13-19,21,39H2,1-5H3,(H2,40,44)(H,41,45). The minimum absolute atomic E-state index is 0.0824. The Labute approximate surface area is 316 Å². The number of carbonyl (C=O) groups excluding carboxylic acids is 3. The second kappa shape index (κ2) is 17.7. The van der Waals surface area contributed by atoms with E-state index >= 15 is 0 Å². The van der Waals surface area contributed by atoms with E-state index in [0.29, 0.717) is 23.5 Å². The SMILES string of the molecule is CC(C)OP(=O)(Oc1ccc2c(c1)CCC1C2CCC2(C)C(OC(=O)COCCOCCNC(=O)Oc3ccc(N)c(O)c3C(N)=O)CCC12)OC(C)C. The van der Waals surface area contributed by atoms with E-state index in [2.05, 4.69) is 18.3 Å². The Balaban J connectivity index is 1.02. The summed E-state index contributed by atoms with van der Waals surface area (Å²) in [5.74, 6) is -0.406. The number of fused-ring (bicyclic) bond motifs is 5. The van der Waals surface area contributed by atoms with E-state index < -0.39 is 37.1 Å². The third-order valence-corrected chi connectivity index (χ3v) is 12.3. The summed E-state index contributed by atoms with van der Waals surface area (Å²) in [6.45, 7) is 9.80. The molecule has 0 spiro atoms. The van der Waals surface area contributed by atoms with Crippen LogP contribution in [0.25, 0.3) is 0 Å². The predicted molar refractivity (Wildman–Crippen MR) is 198 cm³/mol. The summed E-state index contributed by atoms with van der Waals surface area (Å²) in [7, 11) is -3.79. The largest absolute Gasteiger partial charge is 0.530 e. The highest BCUT2D eigenvalue weighted by atomic mass is 31.2. The van der Waals surface area contributed by atoms with E-state index in [9.17, 15) is 24.1 Å². The fourth-order valence-corrected chi connectivity index (χ4v) is 9.86. The molecule has 0 saturated heterocycles. The number of rotatable bonds is 17. The zero-order valence-electron chi connectivity index (χ0n) is 31.7. The van der Waals surface area contributed by atoms with Crippen LogP contribution in [0.3, 0.4) is 0 Å². The molecule has 0 aromatic heterocycles. The first-order chi connectivity index (χ1) is 25.6. The Bertz CT molecular complexity index is 1710. The molecule has 15 nitrogen and oxygen atoms in total. The molecule has 3 aliphatic rings. The second-order valence-corrected chi connectivity index (χ2v) is 16.4. The van der Waals surface area contributed by atoms with Crippen molar-refractivity contribution in [1.82, 2.24) is 5.32 Å².